The van der Waals surface area contributed by atoms with E-state index in [2.05, 4.69) is 15.6 Å². The van der Waals surface area contributed by atoms with Crippen LogP contribution in [0.3, 0.4) is 0 Å². The van der Waals surface area contributed by atoms with E-state index in [1.165, 1.54) is 24.3 Å². The molecule has 2 aromatic rings. The molecule has 12 heteroatoms. The molecule has 3 N–H and O–H groups in total. The van der Waals surface area contributed by atoms with Gasteiger partial charge in [0.2, 0.25) is 15.9 Å². The van der Waals surface area contributed by atoms with Crippen molar-refractivity contribution in [2.45, 2.75) is 26.1 Å². The number of halogens is 4. The fourth-order valence-electron chi connectivity index (χ4n) is 2.66. The van der Waals surface area contributed by atoms with Crippen LogP contribution in [0, 0.1) is 5.82 Å². The second-order valence-electron chi connectivity index (χ2n) is 6.84. The average molecular weight is 474 g/mol. The maximum atomic E-state index is 14.1. The zero-order valence-electron chi connectivity index (χ0n) is 17.4. The number of rotatable bonds is 8. The van der Waals surface area contributed by atoms with E-state index in [1.54, 1.807) is 13.8 Å². The average Bonchev–Trinajstić information content (AvgIpc) is 2.67. The molecule has 0 saturated heterocycles. The van der Waals surface area contributed by atoms with Crippen LogP contribution in [0.4, 0.5) is 29.1 Å². The lowest BCUT2D eigenvalue weighted by molar-refractivity contribution is -0.141. The van der Waals surface area contributed by atoms with E-state index in [4.69, 9.17) is 0 Å². The highest BCUT2D eigenvalue weighted by Crippen LogP contribution is 2.30. The SMILES string of the molecule is CCNc1nc(C(F)(F)F)ccc1/C=C/C(=O)N[C@H](C)c1ccc(NS(C)(=O)=O)c(F)c1. The van der Waals surface area contributed by atoms with E-state index in [0.29, 0.717) is 12.1 Å². The maximum Gasteiger partial charge on any atom is 0.433 e. The number of nitrogens with zero attached hydrogens (tertiary/aromatic N) is 1. The lowest BCUT2D eigenvalue weighted by Gasteiger charge is -2.15. The van der Waals surface area contributed by atoms with E-state index in [-0.39, 0.29) is 17.1 Å². The minimum absolute atomic E-state index is 0.0181. The van der Waals surface area contributed by atoms with Gasteiger partial charge in [0, 0.05) is 18.2 Å². The molecule has 0 unspecified atom stereocenters. The first-order valence-corrected chi connectivity index (χ1v) is 11.3. The number of alkyl halides is 3. The smallest absolute Gasteiger partial charge is 0.370 e. The number of hydrogen-bond donors (Lipinski definition) is 3. The molecule has 0 aliphatic heterocycles. The number of amides is 1. The molecule has 0 aliphatic rings. The molecule has 0 aliphatic carbocycles. The first-order valence-electron chi connectivity index (χ1n) is 9.38. The number of hydrogen-bond acceptors (Lipinski definition) is 5. The number of sulfonamides is 1. The summed E-state index contributed by atoms with van der Waals surface area (Å²) in [6, 6.07) is 5.16. The summed E-state index contributed by atoms with van der Waals surface area (Å²) in [6.07, 6.45) is -1.27. The molecular weight excluding hydrogens is 452 g/mol. The topological polar surface area (TPSA) is 100 Å². The zero-order valence-corrected chi connectivity index (χ0v) is 18.2. The number of anilines is 2. The molecule has 1 heterocycles. The monoisotopic (exact) mass is 474 g/mol. The number of nitrogens with one attached hydrogen (secondary N) is 3. The van der Waals surface area contributed by atoms with Crippen molar-refractivity contribution in [2.24, 2.45) is 0 Å². The van der Waals surface area contributed by atoms with Gasteiger partial charge in [-0.1, -0.05) is 6.07 Å². The second-order valence-corrected chi connectivity index (χ2v) is 8.59. The summed E-state index contributed by atoms with van der Waals surface area (Å²) in [5, 5.41) is 5.32. The molecule has 2 rings (SSSR count). The fraction of sp³-hybridized carbons (Fsp3) is 0.300. The van der Waals surface area contributed by atoms with Crippen LogP contribution in [0.5, 0.6) is 0 Å². The van der Waals surface area contributed by atoms with Crippen molar-refractivity contribution >= 4 is 33.5 Å². The Labute approximate surface area is 183 Å². The van der Waals surface area contributed by atoms with Gasteiger partial charge in [-0.25, -0.2) is 17.8 Å². The summed E-state index contributed by atoms with van der Waals surface area (Å²) < 4.78 is 77.2. The van der Waals surface area contributed by atoms with Gasteiger partial charge in [0.05, 0.1) is 18.0 Å². The summed E-state index contributed by atoms with van der Waals surface area (Å²) in [5.74, 6) is -1.40. The van der Waals surface area contributed by atoms with E-state index in [9.17, 15) is 30.8 Å². The quantitative estimate of drug-likeness (QED) is 0.398. The van der Waals surface area contributed by atoms with Crippen molar-refractivity contribution in [2.75, 3.05) is 22.8 Å². The first-order chi connectivity index (χ1) is 14.8. The Hall–Kier alpha value is -3.15. The molecule has 7 nitrogen and oxygen atoms in total. The maximum absolute atomic E-state index is 14.1. The molecule has 1 aromatic carbocycles. The molecule has 0 fully saturated rings. The Morgan fingerprint density at radius 2 is 1.91 bits per heavy atom. The van der Waals surface area contributed by atoms with Crippen LogP contribution in [0.1, 0.15) is 36.7 Å². The van der Waals surface area contributed by atoms with Gasteiger partial charge in [-0.3, -0.25) is 9.52 Å². The third-order valence-corrected chi connectivity index (χ3v) is 4.71. The summed E-state index contributed by atoms with van der Waals surface area (Å²) in [6.45, 7) is 3.61. The van der Waals surface area contributed by atoms with Crippen LogP contribution in [0.2, 0.25) is 0 Å². The summed E-state index contributed by atoms with van der Waals surface area (Å²) in [4.78, 5) is 15.8. The van der Waals surface area contributed by atoms with Crippen molar-refractivity contribution in [1.29, 1.82) is 0 Å². The van der Waals surface area contributed by atoms with E-state index >= 15 is 0 Å². The minimum atomic E-state index is -4.60. The standard InChI is InChI=1S/C20H22F4N4O3S/c1-4-25-19-13(6-9-17(27-19)20(22,23)24)7-10-18(29)26-12(2)14-5-8-16(15(21)11-14)28-32(3,30)31/h5-12,28H,4H2,1-3H3,(H,25,27)(H,26,29)/b10-7+/t12-/m1/s1. The molecule has 0 saturated carbocycles. The van der Waals surface area contributed by atoms with Crippen LogP contribution >= 0.6 is 0 Å². The molecule has 174 valence electrons. The molecule has 32 heavy (non-hydrogen) atoms. The fourth-order valence-corrected chi connectivity index (χ4v) is 3.23. The Morgan fingerprint density at radius 1 is 1.22 bits per heavy atom. The molecule has 0 bridgehead atoms. The van der Waals surface area contributed by atoms with Gasteiger partial charge in [0.25, 0.3) is 0 Å². The summed E-state index contributed by atoms with van der Waals surface area (Å²) >= 11 is 0. The predicted molar refractivity (Wildman–Crippen MR) is 114 cm³/mol. The molecule has 1 atom stereocenters. The van der Waals surface area contributed by atoms with Crippen molar-refractivity contribution in [3.8, 4) is 0 Å². The molecular formula is C20H22F4N4O3S. The zero-order chi connectivity index (χ0) is 24.1. The lowest BCUT2D eigenvalue weighted by Crippen LogP contribution is -2.24. The van der Waals surface area contributed by atoms with Crippen molar-refractivity contribution < 1.29 is 30.8 Å². The number of benzene rings is 1. The Morgan fingerprint density at radius 3 is 2.47 bits per heavy atom. The van der Waals surface area contributed by atoms with Gasteiger partial charge in [-0.2, -0.15) is 13.2 Å². The Bertz CT molecular complexity index is 1120. The van der Waals surface area contributed by atoms with Gasteiger partial charge >= 0.3 is 6.18 Å². The normalized spacial score (nSPS) is 13.1. The summed E-state index contributed by atoms with van der Waals surface area (Å²) in [5.41, 5.74) is -0.613. The van der Waals surface area contributed by atoms with E-state index in [1.807, 2.05) is 4.72 Å². The van der Waals surface area contributed by atoms with E-state index < -0.39 is 39.7 Å². The van der Waals surface area contributed by atoms with Gasteiger partial charge in [-0.05, 0) is 49.8 Å². The molecule has 0 radical (unpaired) electrons. The molecule has 0 spiro atoms. The highest BCUT2D eigenvalue weighted by molar-refractivity contribution is 7.92. The number of aromatic nitrogens is 1. The largest absolute Gasteiger partial charge is 0.433 e. The van der Waals surface area contributed by atoms with Gasteiger partial charge < -0.3 is 10.6 Å². The molecule has 1 aromatic heterocycles. The van der Waals surface area contributed by atoms with Crippen molar-refractivity contribution in [1.82, 2.24) is 10.3 Å². The van der Waals surface area contributed by atoms with Gasteiger partial charge in [0.15, 0.2) is 0 Å². The third-order valence-electron chi connectivity index (χ3n) is 4.12. The van der Waals surface area contributed by atoms with Crippen LogP contribution in [0.15, 0.2) is 36.4 Å². The predicted octanol–water partition coefficient (Wildman–Crippen LogP) is 3.93. The highest BCUT2D eigenvalue weighted by atomic mass is 32.2. The van der Waals surface area contributed by atoms with Gasteiger partial charge in [0.1, 0.15) is 17.3 Å². The van der Waals surface area contributed by atoms with Crippen LogP contribution in [-0.4, -0.2) is 32.1 Å². The van der Waals surface area contributed by atoms with Gasteiger partial charge in [-0.15, -0.1) is 0 Å². The minimum Gasteiger partial charge on any atom is -0.370 e. The van der Waals surface area contributed by atoms with Crippen LogP contribution in [-0.2, 0) is 21.0 Å². The lowest BCUT2D eigenvalue weighted by atomic mass is 10.1. The molecule has 1 amide bonds. The number of carbonyl (C=O) groups excluding carboxylic acids is 1. The van der Waals surface area contributed by atoms with E-state index in [0.717, 1.165) is 24.5 Å². The second kappa shape index (κ2) is 9.98. The third kappa shape index (κ3) is 7.22. The van der Waals surface area contributed by atoms with Crippen molar-refractivity contribution in [3.63, 3.8) is 0 Å². The van der Waals surface area contributed by atoms with Crippen LogP contribution in [0.25, 0.3) is 6.08 Å². The van der Waals surface area contributed by atoms with Crippen LogP contribution < -0.4 is 15.4 Å². The number of carbonyl (C=O) groups is 1. The Kier molecular flexibility index (Phi) is 7.83. The number of pyridine rings is 1. The first kappa shape index (κ1) is 25.1. The van der Waals surface area contributed by atoms with Crippen molar-refractivity contribution in [3.05, 3.63) is 59.0 Å². The highest BCUT2D eigenvalue weighted by Gasteiger charge is 2.32. The summed E-state index contributed by atoms with van der Waals surface area (Å²) in [7, 11) is -3.65. The Balaban J connectivity index is 2.12.